The second-order valence-corrected chi connectivity index (χ2v) is 5.18. The molecule has 1 aromatic rings. The summed E-state index contributed by atoms with van der Waals surface area (Å²) in [6.45, 7) is 2.17. The number of likely N-dealkylation sites (N-methyl/N-ethyl adjacent to an activating group) is 1. The number of rotatable bonds is 7. The normalized spacial score (nSPS) is 12.2. The van der Waals surface area contributed by atoms with Crippen molar-refractivity contribution in [2.75, 3.05) is 24.6 Å². The van der Waals surface area contributed by atoms with Crippen molar-refractivity contribution in [3.05, 3.63) is 23.2 Å². The van der Waals surface area contributed by atoms with Crippen LogP contribution < -0.4 is 11.1 Å². The summed E-state index contributed by atoms with van der Waals surface area (Å²) in [6.07, 6.45) is 0.553. The van der Waals surface area contributed by atoms with Crippen LogP contribution in [0.4, 0.5) is 11.4 Å². The number of nitrogens with two attached hydrogens (primary N) is 1. The SMILES string of the molecule is CCC(C(=O)Nc1ccc(N)cc1Cl)N(C)CCC(=O)O. The maximum atomic E-state index is 12.3. The van der Waals surface area contributed by atoms with Crippen LogP contribution in [0.15, 0.2) is 18.2 Å². The second kappa shape index (κ2) is 7.85. The fraction of sp³-hybridized carbons (Fsp3) is 0.429. The first kappa shape index (κ1) is 17.3. The van der Waals surface area contributed by atoms with E-state index in [4.69, 9.17) is 22.4 Å². The van der Waals surface area contributed by atoms with Gasteiger partial charge in [0.05, 0.1) is 23.2 Å². The van der Waals surface area contributed by atoms with E-state index in [9.17, 15) is 9.59 Å². The smallest absolute Gasteiger partial charge is 0.304 e. The van der Waals surface area contributed by atoms with Gasteiger partial charge in [-0.2, -0.15) is 0 Å². The Bertz CT molecular complexity index is 522. The van der Waals surface area contributed by atoms with Crippen LogP contribution in [0, 0.1) is 0 Å². The van der Waals surface area contributed by atoms with E-state index in [0.717, 1.165) is 0 Å². The molecule has 21 heavy (non-hydrogen) atoms. The van der Waals surface area contributed by atoms with Gasteiger partial charge < -0.3 is 16.2 Å². The van der Waals surface area contributed by atoms with Gasteiger partial charge in [0, 0.05) is 12.2 Å². The summed E-state index contributed by atoms with van der Waals surface area (Å²) in [4.78, 5) is 24.6. The van der Waals surface area contributed by atoms with E-state index in [0.29, 0.717) is 29.4 Å². The number of hydrogen-bond donors (Lipinski definition) is 3. The zero-order valence-corrected chi connectivity index (χ0v) is 12.9. The van der Waals surface area contributed by atoms with Gasteiger partial charge in [0.25, 0.3) is 0 Å². The molecule has 1 rings (SSSR count). The maximum Gasteiger partial charge on any atom is 0.304 e. The molecule has 0 fully saturated rings. The van der Waals surface area contributed by atoms with E-state index >= 15 is 0 Å². The minimum absolute atomic E-state index is 0.0110. The lowest BCUT2D eigenvalue weighted by molar-refractivity contribution is -0.137. The molecule has 0 radical (unpaired) electrons. The van der Waals surface area contributed by atoms with Crippen molar-refractivity contribution in [1.82, 2.24) is 4.90 Å². The van der Waals surface area contributed by atoms with Gasteiger partial charge in [-0.1, -0.05) is 18.5 Å². The van der Waals surface area contributed by atoms with Gasteiger partial charge in [-0.05, 0) is 31.7 Å². The topological polar surface area (TPSA) is 95.7 Å². The molecule has 1 atom stereocenters. The van der Waals surface area contributed by atoms with E-state index in [1.165, 1.54) is 0 Å². The Balaban J connectivity index is 2.72. The standard InChI is InChI=1S/C14H20ClN3O3/c1-3-12(18(2)7-6-13(19)20)14(21)17-11-5-4-9(16)8-10(11)15/h4-5,8,12H,3,6-7,16H2,1-2H3,(H,17,21)(H,19,20). The molecule has 0 aliphatic carbocycles. The fourth-order valence-electron chi connectivity index (χ4n) is 1.97. The minimum Gasteiger partial charge on any atom is -0.481 e. The largest absolute Gasteiger partial charge is 0.481 e. The van der Waals surface area contributed by atoms with Crippen LogP contribution >= 0.6 is 11.6 Å². The zero-order chi connectivity index (χ0) is 16.0. The summed E-state index contributed by atoms with van der Waals surface area (Å²) in [5.41, 5.74) is 6.60. The number of amides is 1. The zero-order valence-electron chi connectivity index (χ0n) is 12.1. The van der Waals surface area contributed by atoms with Crippen LogP contribution in [-0.2, 0) is 9.59 Å². The number of benzene rings is 1. The Morgan fingerprint density at radius 3 is 2.67 bits per heavy atom. The van der Waals surface area contributed by atoms with Crippen molar-refractivity contribution in [1.29, 1.82) is 0 Å². The highest BCUT2D eigenvalue weighted by Gasteiger charge is 2.22. The first-order chi connectivity index (χ1) is 9.85. The molecule has 4 N–H and O–H groups in total. The summed E-state index contributed by atoms with van der Waals surface area (Å²) in [5.74, 6) is -1.12. The number of carboxylic acid groups (broad SMARTS) is 1. The van der Waals surface area contributed by atoms with Crippen molar-refractivity contribution in [3.8, 4) is 0 Å². The van der Waals surface area contributed by atoms with E-state index in [-0.39, 0.29) is 12.3 Å². The quantitative estimate of drug-likeness (QED) is 0.670. The third-order valence-electron chi connectivity index (χ3n) is 3.15. The molecule has 7 heteroatoms. The number of anilines is 2. The average Bonchev–Trinajstić information content (AvgIpc) is 2.40. The number of carbonyl (C=O) groups is 2. The Labute approximate surface area is 128 Å². The number of hydrogen-bond acceptors (Lipinski definition) is 4. The molecule has 0 spiro atoms. The lowest BCUT2D eigenvalue weighted by Crippen LogP contribution is -2.42. The maximum absolute atomic E-state index is 12.3. The molecule has 116 valence electrons. The molecule has 6 nitrogen and oxygen atoms in total. The average molecular weight is 314 g/mol. The van der Waals surface area contributed by atoms with Gasteiger partial charge in [-0.15, -0.1) is 0 Å². The van der Waals surface area contributed by atoms with Crippen LogP contribution in [-0.4, -0.2) is 41.5 Å². The fourth-order valence-corrected chi connectivity index (χ4v) is 2.21. The third-order valence-corrected chi connectivity index (χ3v) is 3.46. The molecule has 1 aromatic carbocycles. The molecule has 0 aliphatic rings. The Kier molecular flexibility index (Phi) is 6.45. The highest BCUT2D eigenvalue weighted by molar-refractivity contribution is 6.34. The lowest BCUT2D eigenvalue weighted by atomic mass is 10.1. The number of nitrogen functional groups attached to an aromatic ring is 1. The highest BCUT2D eigenvalue weighted by Crippen LogP contribution is 2.24. The van der Waals surface area contributed by atoms with E-state index in [2.05, 4.69) is 5.32 Å². The van der Waals surface area contributed by atoms with Crippen molar-refractivity contribution in [2.24, 2.45) is 0 Å². The Hall–Kier alpha value is -1.79. The van der Waals surface area contributed by atoms with Crippen molar-refractivity contribution < 1.29 is 14.7 Å². The second-order valence-electron chi connectivity index (χ2n) is 4.78. The van der Waals surface area contributed by atoms with Gasteiger partial charge in [0.1, 0.15) is 0 Å². The van der Waals surface area contributed by atoms with Crippen molar-refractivity contribution in [2.45, 2.75) is 25.8 Å². The molecular weight excluding hydrogens is 294 g/mol. The van der Waals surface area contributed by atoms with Crippen LogP contribution in [0.5, 0.6) is 0 Å². The predicted octanol–water partition coefficient (Wildman–Crippen LogP) is 2.05. The molecule has 0 bridgehead atoms. The van der Waals surface area contributed by atoms with Crippen LogP contribution in [0.3, 0.4) is 0 Å². The molecule has 0 heterocycles. The van der Waals surface area contributed by atoms with Gasteiger partial charge >= 0.3 is 5.97 Å². The van der Waals surface area contributed by atoms with E-state index < -0.39 is 12.0 Å². The number of nitrogens with one attached hydrogen (secondary N) is 1. The first-order valence-corrected chi connectivity index (χ1v) is 7.00. The molecule has 0 aromatic heterocycles. The summed E-state index contributed by atoms with van der Waals surface area (Å²) >= 11 is 6.02. The Morgan fingerprint density at radius 1 is 1.48 bits per heavy atom. The number of halogens is 1. The lowest BCUT2D eigenvalue weighted by Gasteiger charge is -2.25. The monoisotopic (exact) mass is 313 g/mol. The van der Waals surface area contributed by atoms with E-state index in [1.807, 2.05) is 6.92 Å². The minimum atomic E-state index is -0.890. The third kappa shape index (κ3) is 5.24. The van der Waals surface area contributed by atoms with Gasteiger partial charge in [0.15, 0.2) is 0 Å². The van der Waals surface area contributed by atoms with Crippen LogP contribution in [0.25, 0.3) is 0 Å². The molecule has 0 saturated carbocycles. The molecular formula is C14H20ClN3O3. The number of carboxylic acids is 1. The van der Waals surface area contributed by atoms with Crippen LogP contribution in [0.2, 0.25) is 5.02 Å². The number of nitrogens with zero attached hydrogens (tertiary/aromatic N) is 1. The Morgan fingerprint density at radius 2 is 2.14 bits per heavy atom. The van der Waals surface area contributed by atoms with Crippen molar-refractivity contribution in [3.63, 3.8) is 0 Å². The molecule has 0 aliphatic heterocycles. The summed E-state index contributed by atoms with van der Waals surface area (Å²) in [7, 11) is 1.72. The van der Waals surface area contributed by atoms with Crippen LogP contribution in [0.1, 0.15) is 19.8 Å². The molecule has 1 unspecified atom stereocenters. The number of carbonyl (C=O) groups excluding carboxylic acids is 1. The summed E-state index contributed by atoms with van der Waals surface area (Å²) < 4.78 is 0. The van der Waals surface area contributed by atoms with Gasteiger partial charge in [0.2, 0.25) is 5.91 Å². The number of aliphatic carboxylic acids is 1. The first-order valence-electron chi connectivity index (χ1n) is 6.63. The van der Waals surface area contributed by atoms with Gasteiger partial charge in [-0.3, -0.25) is 14.5 Å². The summed E-state index contributed by atoms with van der Waals surface area (Å²) in [5, 5.41) is 11.8. The van der Waals surface area contributed by atoms with E-state index in [1.54, 1.807) is 30.1 Å². The molecule has 0 saturated heterocycles. The summed E-state index contributed by atoms with van der Waals surface area (Å²) in [6, 6.07) is 4.43. The van der Waals surface area contributed by atoms with Gasteiger partial charge in [-0.25, -0.2) is 0 Å². The molecule has 1 amide bonds. The van der Waals surface area contributed by atoms with Crippen molar-refractivity contribution >= 4 is 34.9 Å². The predicted molar refractivity (Wildman–Crippen MR) is 83.5 cm³/mol. The highest BCUT2D eigenvalue weighted by atomic mass is 35.5.